The van der Waals surface area contributed by atoms with E-state index in [1.165, 1.54) is 82.1 Å². The number of unbranched alkanes of at least 4 members (excludes halogenated alkanes) is 10. The standard InChI is InChI=1S/C25H36O5S.Na/c1-2-3-4-5-6-7-8-9-10-11-12-14-23-24(26)15-13-16-25(23)30-21-17-19-22(20-18-21)31(27,28)29;/h13,15-20,26H,2-12,14H2,1H3,(H,27,28,29);/q;+1/p-1. The van der Waals surface area contributed by atoms with E-state index >= 15 is 0 Å². The molecule has 2 aromatic rings. The van der Waals surface area contributed by atoms with Gasteiger partial charge in [-0.05, 0) is 48.7 Å². The quantitative estimate of drug-likeness (QED) is 0.244. The van der Waals surface area contributed by atoms with Gasteiger partial charge in [0.25, 0.3) is 10.1 Å². The maximum absolute atomic E-state index is 12.3. The molecule has 172 valence electrons. The molecule has 32 heavy (non-hydrogen) atoms. The van der Waals surface area contributed by atoms with Gasteiger partial charge >= 0.3 is 29.6 Å². The van der Waals surface area contributed by atoms with Crippen LogP contribution in [0.15, 0.2) is 47.4 Å². The van der Waals surface area contributed by atoms with Gasteiger partial charge in [-0.15, -0.1) is 5.75 Å². The Labute approximate surface area is 215 Å². The van der Waals surface area contributed by atoms with Crippen molar-refractivity contribution in [3.63, 3.8) is 0 Å². The third-order valence-corrected chi connectivity index (χ3v) is 6.34. The molecule has 0 aliphatic heterocycles. The molecule has 0 spiro atoms. The predicted molar refractivity (Wildman–Crippen MR) is 122 cm³/mol. The minimum Gasteiger partial charge on any atom is -0.872 e. The normalized spacial score (nSPS) is 11.2. The van der Waals surface area contributed by atoms with E-state index in [1.54, 1.807) is 18.2 Å². The van der Waals surface area contributed by atoms with Crippen molar-refractivity contribution in [2.24, 2.45) is 0 Å². The summed E-state index contributed by atoms with van der Waals surface area (Å²) in [7, 11) is -4.24. The Kier molecular flexibility index (Phi) is 14.2. The summed E-state index contributed by atoms with van der Waals surface area (Å²) in [5.41, 5.74) is 0.650. The monoisotopic (exact) mass is 470 g/mol. The average Bonchev–Trinajstić information content (AvgIpc) is 2.73. The molecule has 2 aromatic carbocycles. The van der Waals surface area contributed by atoms with E-state index in [4.69, 9.17) is 9.29 Å². The van der Waals surface area contributed by atoms with Crippen molar-refractivity contribution < 1.29 is 52.4 Å². The van der Waals surface area contributed by atoms with Gasteiger partial charge < -0.3 is 9.84 Å². The second-order valence-electron chi connectivity index (χ2n) is 8.07. The summed E-state index contributed by atoms with van der Waals surface area (Å²) in [6.07, 6.45) is 14.4. The van der Waals surface area contributed by atoms with Gasteiger partial charge in [0.2, 0.25) is 0 Å². The first kappa shape index (κ1) is 29.0. The van der Waals surface area contributed by atoms with Crippen molar-refractivity contribution in [1.82, 2.24) is 0 Å². The summed E-state index contributed by atoms with van der Waals surface area (Å²) in [6, 6.07) is 10.4. The largest absolute Gasteiger partial charge is 1.00 e. The molecule has 0 aromatic heterocycles. The molecular formula is C25H35NaO5S. The van der Waals surface area contributed by atoms with Crippen LogP contribution < -0.4 is 39.4 Å². The van der Waals surface area contributed by atoms with Crippen molar-refractivity contribution in [1.29, 1.82) is 0 Å². The molecule has 0 amide bonds. The van der Waals surface area contributed by atoms with Crippen LogP contribution in [0.4, 0.5) is 0 Å². The summed E-state index contributed by atoms with van der Waals surface area (Å²) in [5.74, 6) is 0.872. The van der Waals surface area contributed by atoms with E-state index in [9.17, 15) is 13.5 Å². The minimum absolute atomic E-state index is 0. The van der Waals surface area contributed by atoms with Gasteiger partial charge in [-0.25, -0.2) is 0 Å². The topological polar surface area (TPSA) is 86.7 Å². The third-order valence-electron chi connectivity index (χ3n) is 5.47. The first-order chi connectivity index (χ1) is 14.9. The molecular weight excluding hydrogens is 435 g/mol. The summed E-state index contributed by atoms with van der Waals surface area (Å²) >= 11 is 0. The first-order valence-electron chi connectivity index (χ1n) is 11.5. The van der Waals surface area contributed by atoms with E-state index in [2.05, 4.69) is 6.92 Å². The van der Waals surface area contributed by atoms with Crippen molar-refractivity contribution in [3.05, 3.63) is 48.0 Å². The zero-order valence-corrected chi connectivity index (χ0v) is 22.3. The fourth-order valence-corrected chi connectivity index (χ4v) is 4.14. The Morgan fingerprint density at radius 1 is 0.812 bits per heavy atom. The maximum atomic E-state index is 12.3. The van der Waals surface area contributed by atoms with Crippen LogP contribution in [0.2, 0.25) is 0 Å². The van der Waals surface area contributed by atoms with Gasteiger partial charge in [-0.3, -0.25) is 4.55 Å². The summed E-state index contributed by atoms with van der Waals surface area (Å²) in [6.45, 7) is 2.24. The van der Waals surface area contributed by atoms with Crippen molar-refractivity contribution in [2.75, 3.05) is 0 Å². The maximum Gasteiger partial charge on any atom is 1.00 e. The van der Waals surface area contributed by atoms with Crippen molar-refractivity contribution in [3.8, 4) is 17.2 Å². The van der Waals surface area contributed by atoms with Gasteiger partial charge in [0.15, 0.2) is 0 Å². The first-order valence-corrected chi connectivity index (χ1v) is 12.9. The Balaban J connectivity index is 0.00000512. The molecule has 0 aliphatic carbocycles. The Bertz CT molecular complexity index is 882. The second kappa shape index (κ2) is 15.7. The van der Waals surface area contributed by atoms with Gasteiger partial charge in [0, 0.05) is 0 Å². The Morgan fingerprint density at radius 2 is 1.34 bits per heavy atom. The van der Waals surface area contributed by atoms with Crippen LogP contribution in [0.25, 0.3) is 0 Å². The zero-order valence-electron chi connectivity index (χ0n) is 19.5. The van der Waals surface area contributed by atoms with E-state index in [1.807, 2.05) is 0 Å². The van der Waals surface area contributed by atoms with E-state index in [-0.39, 0.29) is 40.2 Å². The molecule has 0 saturated carbocycles. The smallest absolute Gasteiger partial charge is 0.872 e. The van der Waals surface area contributed by atoms with Crippen LogP contribution in [-0.4, -0.2) is 13.0 Å². The third kappa shape index (κ3) is 10.7. The molecule has 0 radical (unpaired) electrons. The molecule has 0 saturated heterocycles. The minimum atomic E-state index is -4.24. The van der Waals surface area contributed by atoms with Gasteiger partial charge in [0.1, 0.15) is 11.5 Å². The molecule has 0 unspecified atom stereocenters. The molecule has 1 N–H and O–H groups in total. The van der Waals surface area contributed by atoms with Crippen LogP contribution in [0.5, 0.6) is 17.2 Å². The SMILES string of the molecule is CCCCCCCCCCCCCc1c([O-])cccc1Oc1ccc(S(=O)(=O)O)cc1.[Na+]. The molecule has 0 aliphatic rings. The Hall–Kier alpha value is -1.05. The molecule has 0 heterocycles. The summed E-state index contributed by atoms with van der Waals surface area (Å²) < 4.78 is 37.2. The number of hydrogen-bond donors (Lipinski definition) is 1. The summed E-state index contributed by atoms with van der Waals surface area (Å²) in [5, 5.41) is 12.3. The molecule has 0 bridgehead atoms. The number of ether oxygens (including phenoxy) is 1. The average molecular weight is 471 g/mol. The van der Waals surface area contributed by atoms with Crippen molar-refractivity contribution in [2.45, 2.75) is 88.9 Å². The molecule has 0 fully saturated rings. The van der Waals surface area contributed by atoms with Gasteiger partial charge in [-0.2, -0.15) is 8.42 Å². The number of hydrogen-bond acceptors (Lipinski definition) is 4. The molecule has 2 rings (SSSR count). The number of benzene rings is 2. The summed E-state index contributed by atoms with van der Waals surface area (Å²) in [4.78, 5) is -0.196. The van der Waals surface area contributed by atoms with Crippen LogP contribution >= 0.6 is 0 Å². The van der Waals surface area contributed by atoms with Crippen LogP contribution in [0, 0.1) is 0 Å². The van der Waals surface area contributed by atoms with E-state index < -0.39 is 10.1 Å². The van der Waals surface area contributed by atoms with Crippen LogP contribution in [0.3, 0.4) is 0 Å². The van der Waals surface area contributed by atoms with E-state index in [0.717, 1.165) is 12.8 Å². The molecule has 5 nitrogen and oxygen atoms in total. The Morgan fingerprint density at radius 3 is 1.88 bits per heavy atom. The molecule has 7 heteroatoms. The predicted octanol–water partition coefficient (Wildman–Crippen LogP) is 3.66. The van der Waals surface area contributed by atoms with Gasteiger partial charge in [0.05, 0.1) is 4.90 Å². The molecule has 0 atom stereocenters. The fourth-order valence-electron chi connectivity index (χ4n) is 3.66. The van der Waals surface area contributed by atoms with Crippen molar-refractivity contribution >= 4 is 10.1 Å². The number of rotatable bonds is 15. The van der Waals surface area contributed by atoms with Crippen LogP contribution in [0.1, 0.15) is 83.1 Å². The zero-order chi connectivity index (χ0) is 22.5. The van der Waals surface area contributed by atoms with E-state index in [0.29, 0.717) is 23.5 Å². The fraction of sp³-hybridized carbons (Fsp3) is 0.520. The van der Waals surface area contributed by atoms with Crippen LogP contribution in [-0.2, 0) is 16.5 Å². The second-order valence-corrected chi connectivity index (χ2v) is 9.49. The van der Waals surface area contributed by atoms with Gasteiger partial charge in [-0.1, -0.05) is 83.3 Å².